The monoisotopic (exact) mass is 511 g/mol. The Morgan fingerprint density at radius 1 is 1.19 bits per heavy atom. The van der Waals surface area contributed by atoms with Crippen LogP contribution in [-0.2, 0) is 30.7 Å². The molecule has 7 heteroatoms. The fraction of sp³-hybridized carbons (Fsp3) is 0.500. The largest absolute Gasteiger partial charge is 0.494 e. The van der Waals surface area contributed by atoms with Crippen LogP contribution >= 0.6 is 0 Å². The maximum absolute atomic E-state index is 12.9. The van der Waals surface area contributed by atoms with Gasteiger partial charge in [0, 0.05) is 13.0 Å². The molecule has 0 atom stereocenters. The maximum atomic E-state index is 12.9. The molecule has 1 N–H and O–H groups in total. The predicted molar refractivity (Wildman–Crippen MR) is 151 cm³/mol. The molecule has 0 fully saturated rings. The van der Waals surface area contributed by atoms with Gasteiger partial charge < -0.3 is 9.84 Å². The lowest BCUT2D eigenvalue weighted by molar-refractivity contribution is -0.146. The number of hydrogen-bond donors (Lipinski definition) is 1. The molecule has 1 aromatic carbocycles. The van der Waals surface area contributed by atoms with E-state index in [1.165, 1.54) is 4.68 Å². The van der Waals surface area contributed by atoms with Crippen molar-refractivity contribution >= 4 is 5.97 Å². The van der Waals surface area contributed by atoms with Crippen molar-refractivity contribution in [1.82, 2.24) is 14.3 Å². The Labute approximate surface area is 222 Å². The predicted octanol–water partition coefficient (Wildman–Crippen LogP) is 6.22. The minimum absolute atomic E-state index is 0.111. The lowest BCUT2D eigenvalue weighted by Gasteiger charge is -2.19. The van der Waals surface area contributed by atoms with E-state index >= 15 is 0 Å². The van der Waals surface area contributed by atoms with Crippen molar-refractivity contribution < 1.29 is 14.6 Å². The van der Waals surface area contributed by atoms with E-state index in [-0.39, 0.29) is 5.69 Å². The first-order valence-electron chi connectivity index (χ1n) is 13.2. The highest BCUT2D eigenvalue weighted by Gasteiger charge is 2.27. The highest BCUT2D eigenvalue weighted by atomic mass is 16.5. The van der Waals surface area contributed by atoms with Gasteiger partial charge in [0.2, 0.25) is 0 Å². The molecule has 0 radical (unpaired) electrons. The molecule has 0 aliphatic rings. The number of benzene rings is 1. The number of allylic oxidation sites excluding steroid dienone is 5. The number of rotatable bonds is 14. The van der Waals surface area contributed by atoms with Gasteiger partial charge in [0.15, 0.2) is 0 Å². The second-order valence-corrected chi connectivity index (χ2v) is 9.49. The van der Waals surface area contributed by atoms with Crippen molar-refractivity contribution in [2.75, 3.05) is 6.61 Å². The van der Waals surface area contributed by atoms with E-state index in [4.69, 9.17) is 4.74 Å². The van der Waals surface area contributed by atoms with E-state index in [1.807, 2.05) is 77.1 Å². The lowest BCUT2D eigenvalue weighted by Crippen LogP contribution is -2.26. The molecule has 0 amide bonds. The van der Waals surface area contributed by atoms with Crippen molar-refractivity contribution in [2.24, 2.45) is 5.41 Å². The van der Waals surface area contributed by atoms with Gasteiger partial charge >= 0.3 is 11.7 Å². The normalized spacial score (nSPS) is 11.8. The van der Waals surface area contributed by atoms with Crippen LogP contribution in [0.4, 0.5) is 0 Å². The quantitative estimate of drug-likeness (QED) is 0.240. The number of aryl methyl sites for hydroxylation is 1. The van der Waals surface area contributed by atoms with Gasteiger partial charge in [-0.3, -0.25) is 9.36 Å². The third-order valence-corrected chi connectivity index (χ3v) is 5.80. The van der Waals surface area contributed by atoms with Crippen LogP contribution in [0.5, 0.6) is 5.75 Å². The Morgan fingerprint density at radius 3 is 2.41 bits per heavy atom. The number of carbonyl (C=O) groups is 1. The molecule has 7 nitrogen and oxygen atoms in total. The van der Waals surface area contributed by atoms with E-state index in [1.54, 1.807) is 18.4 Å². The molecular weight excluding hydrogens is 466 g/mol. The molecule has 0 aliphatic heterocycles. The van der Waals surface area contributed by atoms with Crippen LogP contribution in [0.15, 0.2) is 65.0 Å². The van der Waals surface area contributed by atoms with Crippen molar-refractivity contribution in [2.45, 2.75) is 87.2 Å². The Kier molecular flexibility index (Phi) is 13.4. The van der Waals surface area contributed by atoms with Crippen molar-refractivity contribution in [3.05, 3.63) is 82.1 Å². The Morgan fingerprint density at radius 2 is 1.84 bits per heavy atom. The Bertz CT molecular complexity index is 1120. The summed E-state index contributed by atoms with van der Waals surface area (Å²) in [7, 11) is 0. The van der Waals surface area contributed by atoms with E-state index in [0.29, 0.717) is 32.5 Å². The number of aliphatic carboxylic acids is 1. The molecule has 0 spiro atoms. The highest BCUT2D eigenvalue weighted by Crippen LogP contribution is 2.23. The fourth-order valence-corrected chi connectivity index (χ4v) is 3.52. The first kappa shape index (κ1) is 31.7. The van der Waals surface area contributed by atoms with Crippen LogP contribution in [-0.4, -0.2) is 32.0 Å². The first-order valence-corrected chi connectivity index (χ1v) is 13.2. The van der Waals surface area contributed by atoms with Gasteiger partial charge in [-0.05, 0) is 70.2 Å². The highest BCUT2D eigenvalue weighted by molar-refractivity contribution is 5.74. The van der Waals surface area contributed by atoms with Crippen molar-refractivity contribution in [1.29, 1.82) is 0 Å². The summed E-state index contributed by atoms with van der Waals surface area (Å²) in [6, 6.07) is 7.53. The van der Waals surface area contributed by atoms with Crippen molar-refractivity contribution in [3.8, 4) is 5.75 Å². The number of carboxylic acids is 1. The molecule has 2 rings (SSSR count). The van der Waals surface area contributed by atoms with Gasteiger partial charge in [-0.15, -0.1) is 0 Å². The van der Waals surface area contributed by atoms with Gasteiger partial charge in [0.05, 0.1) is 18.6 Å². The minimum atomic E-state index is -0.814. The van der Waals surface area contributed by atoms with Crippen LogP contribution in [0.25, 0.3) is 0 Å². The number of aromatic nitrogens is 3. The van der Waals surface area contributed by atoms with Crippen LogP contribution < -0.4 is 10.4 Å². The topological polar surface area (TPSA) is 86.3 Å². The molecule has 1 heterocycles. The third kappa shape index (κ3) is 10.3. The Balaban J connectivity index is 0.00000334. The SMILES string of the molecule is C=C(/C=C\C(C)=C/C)Cn1nc(CCCOc2ccc(CC(C)(C)C(=O)O)cc2)n(CCC)c1=O.CC. The summed E-state index contributed by atoms with van der Waals surface area (Å²) in [5, 5.41) is 13.9. The van der Waals surface area contributed by atoms with E-state index < -0.39 is 11.4 Å². The molecule has 1 aromatic heterocycles. The maximum Gasteiger partial charge on any atom is 0.346 e. The number of carboxylic acid groups (broad SMARTS) is 1. The summed E-state index contributed by atoms with van der Waals surface area (Å²) in [5.41, 5.74) is 1.99. The number of nitrogens with zero attached hydrogens (tertiary/aromatic N) is 3. The number of hydrogen-bond acceptors (Lipinski definition) is 4. The van der Waals surface area contributed by atoms with Crippen LogP contribution in [0, 0.1) is 5.41 Å². The van der Waals surface area contributed by atoms with Crippen LogP contribution in [0.1, 0.15) is 72.7 Å². The number of ether oxygens (including phenoxy) is 1. The molecule has 0 bridgehead atoms. The van der Waals surface area contributed by atoms with Crippen LogP contribution in [0.2, 0.25) is 0 Å². The average molecular weight is 512 g/mol. The zero-order chi connectivity index (χ0) is 28.0. The van der Waals surface area contributed by atoms with Gasteiger partial charge in [0.25, 0.3) is 0 Å². The summed E-state index contributed by atoms with van der Waals surface area (Å²) in [6.45, 7) is 19.0. The second kappa shape index (κ2) is 15.7. The van der Waals surface area contributed by atoms with E-state index in [0.717, 1.165) is 41.1 Å². The molecule has 0 unspecified atom stereocenters. The second-order valence-electron chi connectivity index (χ2n) is 9.49. The smallest absolute Gasteiger partial charge is 0.346 e. The molecule has 0 saturated heterocycles. The molecule has 0 aliphatic carbocycles. The van der Waals surface area contributed by atoms with Gasteiger partial charge in [-0.1, -0.05) is 63.3 Å². The van der Waals surface area contributed by atoms with Crippen molar-refractivity contribution in [3.63, 3.8) is 0 Å². The fourth-order valence-electron chi connectivity index (χ4n) is 3.52. The molecule has 2 aromatic rings. The summed E-state index contributed by atoms with van der Waals surface area (Å²) in [5.74, 6) is 0.678. The Hall–Kier alpha value is -3.35. The summed E-state index contributed by atoms with van der Waals surface area (Å²) in [4.78, 5) is 24.2. The van der Waals surface area contributed by atoms with Gasteiger partial charge in [0.1, 0.15) is 11.6 Å². The molecular formula is C30H45N3O4. The summed E-state index contributed by atoms with van der Waals surface area (Å²) in [6.07, 6.45) is 8.57. The standard InChI is InChI=1S/C28H39N3O4.C2H6/c1-7-17-30-25(29-31(27(30)34)20-22(4)12-11-21(3)8-2)10-9-18-35-24-15-13-23(14-16-24)19-28(5,6)26(32)33;1-2/h8,11-16H,4,7,9-10,17-20H2,1-3,5-6H3,(H,32,33);1-2H3/b12-11-,21-8-;. The minimum Gasteiger partial charge on any atom is -0.494 e. The van der Waals surface area contributed by atoms with Gasteiger partial charge in [-0.25, -0.2) is 9.48 Å². The zero-order valence-corrected chi connectivity index (χ0v) is 23.7. The lowest BCUT2D eigenvalue weighted by atomic mass is 9.86. The van der Waals surface area contributed by atoms with E-state index in [9.17, 15) is 14.7 Å². The average Bonchev–Trinajstić information content (AvgIpc) is 3.16. The summed E-state index contributed by atoms with van der Waals surface area (Å²) < 4.78 is 9.09. The zero-order valence-electron chi connectivity index (χ0n) is 23.7. The molecule has 204 valence electrons. The van der Waals surface area contributed by atoms with Crippen LogP contribution in [0.3, 0.4) is 0 Å². The van der Waals surface area contributed by atoms with E-state index in [2.05, 4.69) is 11.7 Å². The summed E-state index contributed by atoms with van der Waals surface area (Å²) >= 11 is 0. The molecule has 37 heavy (non-hydrogen) atoms. The third-order valence-electron chi connectivity index (χ3n) is 5.80. The molecule has 0 saturated carbocycles. The van der Waals surface area contributed by atoms with Gasteiger partial charge in [-0.2, -0.15) is 5.10 Å². The first-order chi connectivity index (χ1) is 17.6.